The number of nitrogens with zero attached hydrogens (tertiary/aromatic N) is 5. The highest BCUT2D eigenvalue weighted by atomic mass is 32.1. The Morgan fingerprint density at radius 3 is 2.47 bits per heavy atom. The highest BCUT2D eigenvalue weighted by Gasteiger charge is 2.32. The Hall–Kier alpha value is -4.42. The fraction of sp³-hybridized carbons (Fsp3) is 0.323. The van der Waals surface area contributed by atoms with Crippen LogP contribution in [0.15, 0.2) is 53.5 Å². The van der Waals surface area contributed by atoms with Gasteiger partial charge in [-0.15, -0.1) is 11.3 Å². The molecule has 4 aromatic rings. The van der Waals surface area contributed by atoms with E-state index in [0.717, 1.165) is 37.8 Å². The van der Waals surface area contributed by atoms with Gasteiger partial charge < -0.3 is 20.1 Å². The summed E-state index contributed by atoms with van der Waals surface area (Å²) in [6.07, 6.45) is 5.64. The first-order chi connectivity index (χ1) is 20.7. The number of aromatic nitrogens is 3. The molecule has 1 saturated heterocycles. The van der Waals surface area contributed by atoms with E-state index < -0.39 is 11.7 Å². The molecule has 1 atom stereocenters. The second-order valence-electron chi connectivity index (χ2n) is 11.0. The number of likely N-dealkylation sites (N-methyl/N-ethyl adjacent to an activating group) is 2. The van der Waals surface area contributed by atoms with Crippen LogP contribution < -0.4 is 16.2 Å². The molecule has 2 aliphatic rings. The number of halogens is 1. The molecule has 1 aliphatic heterocycles. The van der Waals surface area contributed by atoms with Crippen LogP contribution in [0, 0.1) is 5.82 Å². The molecular weight excluding hydrogens is 569 g/mol. The second kappa shape index (κ2) is 11.7. The van der Waals surface area contributed by atoms with E-state index in [1.54, 1.807) is 31.1 Å². The number of thiophene rings is 1. The molecule has 12 heteroatoms. The number of hydrogen-bond acceptors (Lipinski definition) is 8. The molecule has 4 heterocycles. The van der Waals surface area contributed by atoms with Gasteiger partial charge in [-0.05, 0) is 74.2 Å². The van der Waals surface area contributed by atoms with Gasteiger partial charge in [0.1, 0.15) is 11.7 Å². The lowest BCUT2D eigenvalue weighted by atomic mass is 9.99. The average molecular weight is 602 g/mol. The summed E-state index contributed by atoms with van der Waals surface area (Å²) in [6.45, 7) is 1.46. The van der Waals surface area contributed by atoms with Crippen LogP contribution in [0.25, 0.3) is 11.4 Å². The molecule has 1 aliphatic carbocycles. The quantitative estimate of drug-likeness (QED) is 0.338. The number of rotatable bonds is 6. The summed E-state index contributed by atoms with van der Waals surface area (Å²) < 4.78 is 16.1. The van der Waals surface area contributed by atoms with Crippen LogP contribution in [0.4, 0.5) is 21.7 Å². The Bertz CT molecular complexity index is 1740. The van der Waals surface area contributed by atoms with Gasteiger partial charge in [0.05, 0.1) is 10.6 Å². The third-order valence-corrected chi connectivity index (χ3v) is 9.20. The zero-order chi connectivity index (χ0) is 30.2. The maximum absolute atomic E-state index is 14.7. The van der Waals surface area contributed by atoms with Gasteiger partial charge in [0.2, 0.25) is 5.91 Å². The Kier molecular flexibility index (Phi) is 7.80. The van der Waals surface area contributed by atoms with Crippen molar-refractivity contribution in [2.45, 2.75) is 31.7 Å². The maximum Gasteiger partial charge on any atom is 0.293 e. The fourth-order valence-corrected chi connectivity index (χ4v) is 6.63. The topological polar surface area (TPSA) is 112 Å². The minimum atomic E-state index is -0.671. The number of carbonyl (C=O) groups is 2. The zero-order valence-corrected chi connectivity index (χ0v) is 25.0. The van der Waals surface area contributed by atoms with E-state index in [1.807, 2.05) is 30.1 Å². The molecule has 0 bridgehead atoms. The van der Waals surface area contributed by atoms with Gasteiger partial charge in [-0.3, -0.25) is 19.3 Å². The van der Waals surface area contributed by atoms with E-state index >= 15 is 0 Å². The van der Waals surface area contributed by atoms with Crippen LogP contribution >= 0.6 is 11.3 Å². The van der Waals surface area contributed by atoms with Crippen molar-refractivity contribution in [2.75, 3.05) is 37.8 Å². The van der Waals surface area contributed by atoms with Crippen molar-refractivity contribution in [1.82, 2.24) is 24.3 Å². The molecule has 2 amide bonds. The van der Waals surface area contributed by atoms with Crippen LogP contribution in [0.1, 0.15) is 44.6 Å². The Morgan fingerprint density at radius 2 is 1.70 bits per heavy atom. The van der Waals surface area contributed by atoms with Crippen LogP contribution in [-0.2, 0) is 24.7 Å². The highest BCUT2D eigenvalue weighted by molar-refractivity contribution is 7.14. The first kappa shape index (κ1) is 28.7. The van der Waals surface area contributed by atoms with Crippen molar-refractivity contribution >= 4 is 40.5 Å². The molecule has 0 saturated carbocycles. The smallest absolute Gasteiger partial charge is 0.293 e. The van der Waals surface area contributed by atoms with Crippen molar-refractivity contribution in [3.8, 4) is 11.4 Å². The minimum Gasteiger partial charge on any atom is -0.343 e. The lowest BCUT2D eigenvalue weighted by molar-refractivity contribution is -0.139. The highest BCUT2D eigenvalue weighted by Crippen LogP contribution is 2.31. The number of carbonyl (C=O) groups excluding carboxylic acids is 2. The van der Waals surface area contributed by atoms with E-state index in [-0.39, 0.29) is 29.1 Å². The number of nitrogens with one attached hydrogen (secondary N) is 2. The molecule has 6 rings (SSSR count). The molecule has 0 spiro atoms. The number of piperazine rings is 1. The molecule has 0 radical (unpaired) electrons. The van der Waals surface area contributed by atoms with Crippen LogP contribution in [-0.4, -0.2) is 63.3 Å². The molecule has 43 heavy (non-hydrogen) atoms. The summed E-state index contributed by atoms with van der Waals surface area (Å²) in [5.41, 5.74) is 2.90. The van der Waals surface area contributed by atoms with Crippen molar-refractivity contribution in [1.29, 1.82) is 0 Å². The summed E-state index contributed by atoms with van der Waals surface area (Å²) in [4.78, 5) is 53.0. The molecule has 1 fully saturated rings. The standard InChI is InChI=1S/C31H32FN7O3S/c1-37-14-15-38(2)30(41)26(37)18-8-10-20(11-9-18)33-28-31(42)39(3)17-23(35-28)22-13-12-21(32)27(34-22)36-29(40)25-16-19-6-4-5-7-24(19)43-25/h8-13,16-17,26H,4-7,14-15H2,1-3H3,(H,33,35)(H,34,36,40)/t26-/m0/s1. The maximum atomic E-state index is 14.7. The van der Waals surface area contributed by atoms with Gasteiger partial charge in [0.25, 0.3) is 11.5 Å². The summed E-state index contributed by atoms with van der Waals surface area (Å²) in [7, 11) is 5.32. The Balaban J connectivity index is 1.23. The van der Waals surface area contributed by atoms with E-state index in [2.05, 4.69) is 20.6 Å². The number of pyridine rings is 1. The molecular formula is C31H32FN7O3S. The summed E-state index contributed by atoms with van der Waals surface area (Å²) >= 11 is 1.44. The Morgan fingerprint density at radius 1 is 0.953 bits per heavy atom. The normalized spacial score (nSPS) is 17.1. The minimum absolute atomic E-state index is 0.0366. The molecule has 222 valence electrons. The Labute approximate surface area is 252 Å². The molecule has 10 nitrogen and oxygen atoms in total. The summed E-state index contributed by atoms with van der Waals surface area (Å²) in [6, 6.07) is 11.5. The predicted molar refractivity (Wildman–Crippen MR) is 164 cm³/mol. The van der Waals surface area contributed by atoms with Gasteiger partial charge in [-0.2, -0.15) is 0 Å². The van der Waals surface area contributed by atoms with Crippen molar-refractivity contribution in [2.24, 2.45) is 7.05 Å². The van der Waals surface area contributed by atoms with Gasteiger partial charge >= 0.3 is 0 Å². The van der Waals surface area contributed by atoms with Crippen molar-refractivity contribution in [3.05, 3.63) is 85.7 Å². The first-order valence-electron chi connectivity index (χ1n) is 14.2. The summed E-state index contributed by atoms with van der Waals surface area (Å²) in [5, 5.41) is 5.67. The number of amides is 2. The van der Waals surface area contributed by atoms with Gasteiger partial charge in [-0.1, -0.05) is 12.1 Å². The number of aryl methyl sites for hydroxylation is 3. The zero-order valence-electron chi connectivity index (χ0n) is 24.2. The first-order valence-corrected chi connectivity index (χ1v) is 15.0. The molecule has 2 N–H and O–H groups in total. The second-order valence-corrected chi connectivity index (χ2v) is 12.2. The molecule has 3 aromatic heterocycles. The monoisotopic (exact) mass is 601 g/mol. The van der Waals surface area contributed by atoms with Crippen LogP contribution in [0.2, 0.25) is 0 Å². The van der Waals surface area contributed by atoms with Crippen molar-refractivity contribution in [3.63, 3.8) is 0 Å². The number of anilines is 3. The molecule has 1 aromatic carbocycles. The number of hydrogen-bond donors (Lipinski definition) is 2. The SMILES string of the molecule is CN1CCN(C)[C@@H](c2ccc(Nc3nc(-c4ccc(F)c(NC(=O)c5cc6c(s5)CCCC6)n4)cn(C)c3=O)cc2)C1=O. The van der Waals surface area contributed by atoms with E-state index in [0.29, 0.717) is 28.5 Å². The van der Waals surface area contributed by atoms with Crippen LogP contribution in [0.3, 0.4) is 0 Å². The van der Waals surface area contributed by atoms with E-state index in [9.17, 15) is 18.8 Å². The average Bonchev–Trinajstić information content (AvgIpc) is 3.44. The van der Waals surface area contributed by atoms with E-state index in [4.69, 9.17) is 0 Å². The van der Waals surface area contributed by atoms with Crippen LogP contribution in [0.5, 0.6) is 0 Å². The van der Waals surface area contributed by atoms with Gasteiger partial charge in [0, 0.05) is 43.9 Å². The third-order valence-electron chi connectivity index (χ3n) is 7.96. The van der Waals surface area contributed by atoms with Crippen molar-refractivity contribution < 1.29 is 14.0 Å². The lowest BCUT2D eigenvalue weighted by Gasteiger charge is -2.37. The van der Waals surface area contributed by atoms with Gasteiger partial charge in [-0.25, -0.2) is 14.4 Å². The lowest BCUT2D eigenvalue weighted by Crippen LogP contribution is -2.48. The number of benzene rings is 1. The predicted octanol–water partition coefficient (Wildman–Crippen LogP) is 4.36. The fourth-order valence-electron chi connectivity index (χ4n) is 5.48. The van der Waals surface area contributed by atoms with E-state index in [1.165, 1.54) is 44.7 Å². The largest absolute Gasteiger partial charge is 0.343 e. The summed E-state index contributed by atoms with van der Waals surface area (Å²) in [5.74, 6) is -1.19. The van der Waals surface area contributed by atoms with Gasteiger partial charge in [0.15, 0.2) is 17.5 Å². The third kappa shape index (κ3) is 5.80. The number of fused-ring (bicyclic) bond motifs is 1. The molecule has 0 unspecified atom stereocenters.